The highest BCUT2D eigenvalue weighted by atomic mass is 19.3. The molecule has 1 saturated carbocycles. The largest absolute Gasteiger partial charge is 0.480 e. The maximum atomic E-state index is 13.0. The number of hydrogen-bond acceptors (Lipinski definition) is 2. The second-order valence-electron chi connectivity index (χ2n) is 4.90. The summed E-state index contributed by atoms with van der Waals surface area (Å²) < 4.78 is 25.9. The van der Waals surface area contributed by atoms with Gasteiger partial charge in [0.1, 0.15) is 6.04 Å². The van der Waals surface area contributed by atoms with Crippen LogP contribution in [0.1, 0.15) is 38.5 Å². The molecule has 1 rings (SSSR count). The molecule has 0 spiro atoms. The fourth-order valence-electron chi connectivity index (χ4n) is 2.13. The zero-order valence-corrected chi connectivity index (χ0v) is 10.7. The molecule has 0 heterocycles. The highest BCUT2D eigenvalue weighted by Gasteiger charge is 2.38. The van der Waals surface area contributed by atoms with Crippen molar-refractivity contribution >= 4 is 11.9 Å². The Kier molecular flexibility index (Phi) is 5.44. The lowest BCUT2D eigenvalue weighted by Crippen LogP contribution is -2.45. The van der Waals surface area contributed by atoms with Gasteiger partial charge in [0.2, 0.25) is 11.8 Å². The molecule has 0 aromatic rings. The van der Waals surface area contributed by atoms with E-state index >= 15 is 0 Å². The van der Waals surface area contributed by atoms with Gasteiger partial charge in [-0.25, -0.2) is 13.6 Å². The lowest BCUT2D eigenvalue weighted by Gasteiger charge is -2.28. The van der Waals surface area contributed by atoms with E-state index in [-0.39, 0.29) is 32.1 Å². The molecule has 0 saturated heterocycles. The number of halogens is 2. The van der Waals surface area contributed by atoms with Crippen molar-refractivity contribution in [3.63, 3.8) is 0 Å². The minimum Gasteiger partial charge on any atom is -0.480 e. The summed E-state index contributed by atoms with van der Waals surface area (Å²) in [4.78, 5) is 22.8. The van der Waals surface area contributed by atoms with Gasteiger partial charge in [-0.1, -0.05) is 6.08 Å². The van der Waals surface area contributed by atoms with Crippen LogP contribution < -0.4 is 5.32 Å². The van der Waals surface area contributed by atoms with E-state index in [1.807, 2.05) is 0 Å². The number of aliphatic carboxylic acids is 1. The number of carbonyl (C=O) groups is 2. The average Bonchev–Trinajstić information content (AvgIpc) is 2.33. The standard InChI is InChI=1S/C13H19F2NO3/c1-2-3-4-10(12(18)19)16-11(17)9-5-7-13(14,15)8-6-9/h2,9-10H,1,3-8H2,(H,16,17)(H,18,19). The molecule has 0 aromatic carbocycles. The third-order valence-electron chi connectivity index (χ3n) is 3.36. The molecule has 108 valence electrons. The molecule has 0 bridgehead atoms. The number of carboxylic acid groups (broad SMARTS) is 1. The monoisotopic (exact) mass is 275 g/mol. The third-order valence-corrected chi connectivity index (χ3v) is 3.36. The summed E-state index contributed by atoms with van der Waals surface area (Å²) in [6, 6.07) is -0.979. The van der Waals surface area contributed by atoms with E-state index in [9.17, 15) is 18.4 Å². The molecule has 0 aromatic heterocycles. The summed E-state index contributed by atoms with van der Waals surface area (Å²) in [5, 5.41) is 11.4. The molecule has 4 nitrogen and oxygen atoms in total. The van der Waals surface area contributed by atoms with E-state index in [4.69, 9.17) is 5.11 Å². The van der Waals surface area contributed by atoms with Crippen molar-refractivity contribution in [3.05, 3.63) is 12.7 Å². The van der Waals surface area contributed by atoms with Gasteiger partial charge in [0.05, 0.1) is 0 Å². The number of alkyl halides is 2. The molecular formula is C13H19F2NO3. The molecule has 1 aliphatic carbocycles. The van der Waals surface area contributed by atoms with Crippen LogP contribution in [0.5, 0.6) is 0 Å². The summed E-state index contributed by atoms with van der Waals surface area (Å²) >= 11 is 0. The molecule has 1 atom stereocenters. The molecular weight excluding hydrogens is 256 g/mol. The normalized spacial score (nSPS) is 20.5. The molecule has 19 heavy (non-hydrogen) atoms. The Balaban J connectivity index is 2.48. The lowest BCUT2D eigenvalue weighted by molar-refractivity contribution is -0.143. The SMILES string of the molecule is C=CCCC(NC(=O)C1CCC(F)(F)CC1)C(=O)O. The predicted octanol–water partition coefficient (Wildman–Crippen LogP) is 2.35. The minimum absolute atomic E-state index is 0.104. The predicted molar refractivity (Wildman–Crippen MR) is 65.9 cm³/mol. The first-order chi connectivity index (χ1) is 8.85. The Labute approximate surface area is 110 Å². The molecule has 1 amide bonds. The summed E-state index contributed by atoms with van der Waals surface area (Å²) in [7, 11) is 0. The van der Waals surface area contributed by atoms with Gasteiger partial charge in [-0.2, -0.15) is 0 Å². The van der Waals surface area contributed by atoms with Crippen molar-refractivity contribution in [1.29, 1.82) is 0 Å². The van der Waals surface area contributed by atoms with Crippen molar-refractivity contribution in [3.8, 4) is 0 Å². The van der Waals surface area contributed by atoms with E-state index in [2.05, 4.69) is 11.9 Å². The summed E-state index contributed by atoms with van der Waals surface area (Å²) in [6.07, 6.45) is 1.89. The smallest absolute Gasteiger partial charge is 0.326 e. The maximum absolute atomic E-state index is 13.0. The van der Waals surface area contributed by atoms with Gasteiger partial charge in [0.15, 0.2) is 0 Å². The van der Waals surface area contributed by atoms with Crippen LogP contribution in [0.2, 0.25) is 0 Å². The van der Waals surface area contributed by atoms with E-state index < -0.39 is 29.8 Å². The van der Waals surface area contributed by atoms with E-state index in [0.717, 1.165) is 0 Å². The highest BCUT2D eigenvalue weighted by molar-refractivity contribution is 5.85. The molecule has 1 fully saturated rings. The topological polar surface area (TPSA) is 66.4 Å². The second kappa shape index (κ2) is 6.63. The molecule has 1 aliphatic rings. The number of carbonyl (C=O) groups excluding carboxylic acids is 1. The zero-order chi connectivity index (χ0) is 14.5. The van der Waals surface area contributed by atoms with Crippen molar-refractivity contribution in [1.82, 2.24) is 5.32 Å². The number of amides is 1. The van der Waals surface area contributed by atoms with Gasteiger partial charge in [-0.05, 0) is 25.7 Å². The first-order valence-corrected chi connectivity index (χ1v) is 6.37. The third kappa shape index (κ3) is 4.96. The summed E-state index contributed by atoms with van der Waals surface area (Å²) in [5.74, 6) is -4.75. The quantitative estimate of drug-likeness (QED) is 0.731. The van der Waals surface area contributed by atoms with Crippen LogP contribution in [0, 0.1) is 5.92 Å². The number of nitrogens with one attached hydrogen (secondary N) is 1. The van der Waals surface area contributed by atoms with Crippen LogP contribution >= 0.6 is 0 Å². The summed E-state index contributed by atoms with van der Waals surface area (Å²) in [5.41, 5.74) is 0. The Morgan fingerprint density at radius 1 is 1.42 bits per heavy atom. The molecule has 6 heteroatoms. The fourth-order valence-corrected chi connectivity index (χ4v) is 2.13. The number of rotatable bonds is 6. The first kappa shape index (κ1) is 15.6. The fraction of sp³-hybridized carbons (Fsp3) is 0.692. The Morgan fingerprint density at radius 2 is 2.00 bits per heavy atom. The van der Waals surface area contributed by atoms with E-state index in [1.165, 1.54) is 0 Å². The average molecular weight is 275 g/mol. The van der Waals surface area contributed by atoms with Crippen molar-refractivity contribution in [2.45, 2.75) is 50.5 Å². The Morgan fingerprint density at radius 3 is 2.47 bits per heavy atom. The lowest BCUT2D eigenvalue weighted by atomic mass is 9.86. The molecule has 0 radical (unpaired) electrons. The molecule has 0 aliphatic heterocycles. The zero-order valence-electron chi connectivity index (χ0n) is 10.7. The van der Waals surface area contributed by atoms with Gasteiger partial charge < -0.3 is 10.4 Å². The Hall–Kier alpha value is -1.46. The van der Waals surface area contributed by atoms with Gasteiger partial charge in [-0.15, -0.1) is 6.58 Å². The number of carboxylic acids is 1. The van der Waals surface area contributed by atoms with Gasteiger partial charge >= 0.3 is 5.97 Å². The van der Waals surface area contributed by atoms with E-state index in [0.29, 0.717) is 6.42 Å². The van der Waals surface area contributed by atoms with E-state index in [1.54, 1.807) is 6.08 Å². The first-order valence-electron chi connectivity index (χ1n) is 6.37. The second-order valence-corrected chi connectivity index (χ2v) is 4.90. The highest BCUT2D eigenvalue weighted by Crippen LogP contribution is 2.36. The van der Waals surface area contributed by atoms with Crippen molar-refractivity contribution in [2.75, 3.05) is 0 Å². The molecule has 2 N–H and O–H groups in total. The number of hydrogen-bond donors (Lipinski definition) is 2. The van der Waals surface area contributed by atoms with Crippen LogP contribution in [0.3, 0.4) is 0 Å². The summed E-state index contributed by atoms with van der Waals surface area (Å²) in [6.45, 7) is 3.49. The van der Waals surface area contributed by atoms with Crippen LogP contribution in [-0.2, 0) is 9.59 Å². The Bertz CT molecular complexity index is 348. The van der Waals surface area contributed by atoms with Crippen LogP contribution in [0.25, 0.3) is 0 Å². The number of allylic oxidation sites excluding steroid dienone is 1. The minimum atomic E-state index is -2.69. The van der Waals surface area contributed by atoms with Gasteiger partial charge in [0, 0.05) is 18.8 Å². The van der Waals surface area contributed by atoms with Crippen molar-refractivity contribution in [2.24, 2.45) is 5.92 Å². The van der Waals surface area contributed by atoms with Crippen molar-refractivity contribution < 1.29 is 23.5 Å². The maximum Gasteiger partial charge on any atom is 0.326 e. The van der Waals surface area contributed by atoms with Gasteiger partial charge in [-0.3, -0.25) is 4.79 Å². The van der Waals surface area contributed by atoms with Crippen LogP contribution in [0.4, 0.5) is 8.78 Å². The van der Waals surface area contributed by atoms with Crippen LogP contribution in [-0.4, -0.2) is 28.9 Å². The molecule has 1 unspecified atom stereocenters. The van der Waals surface area contributed by atoms with Crippen LogP contribution in [0.15, 0.2) is 12.7 Å². The van der Waals surface area contributed by atoms with Gasteiger partial charge in [0.25, 0.3) is 0 Å².